The second kappa shape index (κ2) is 9.98. The van der Waals surface area contributed by atoms with Gasteiger partial charge in [0.05, 0.1) is 12.0 Å². The van der Waals surface area contributed by atoms with E-state index in [1.54, 1.807) is 38.3 Å². The highest BCUT2D eigenvalue weighted by Crippen LogP contribution is 2.24. The Morgan fingerprint density at radius 1 is 0.800 bits per heavy atom. The number of aromatic nitrogens is 2. The molecule has 0 fully saturated rings. The fourth-order valence-electron chi connectivity index (χ4n) is 3.33. The molecule has 1 heterocycles. The topological polar surface area (TPSA) is 105 Å². The lowest BCUT2D eigenvalue weighted by Crippen LogP contribution is -2.14. The number of hydrogen-bond donors (Lipinski definition) is 3. The first kappa shape index (κ1) is 24.0. The number of halogens is 1. The lowest BCUT2D eigenvalue weighted by molar-refractivity contribution is 0.415. The van der Waals surface area contributed by atoms with Gasteiger partial charge in [0.15, 0.2) is 0 Å². The number of ether oxygens (including phenoxy) is 1. The van der Waals surface area contributed by atoms with Crippen LogP contribution in [0.5, 0.6) is 5.75 Å². The second-order valence-corrected chi connectivity index (χ2v) is 9.44. The number of aryl methyl sites for hydroxylation is 2. The van der Waals surface area contributed by atoms with Crippen molar-refractivity contribution in [2.45, 2.75) is 18.7 Å². The zero-order chi connectivity index (χ0) is 25.0. The van der Waals surface area contributed by atoms with Crippen molar-refractivity contribution in [3.63, 3.8) is 0 Å². The Hall–Kier alpha value is -4.18. The molecular formula is C25H24FN5O3S. The summed E-state index contributed by atoms with van der Waals surface area (Å²) in [5, 5.41) is 6.35. The average molecular weight is 494 g/mol. The van der Waals surface area contributed by atoms with Gasteiger partial charge in [-0.2, -0.15) is 4.98 Å². The molecule has 0 atom stereocenters. The molecule has 4 aromatic rings. The van der Waals surface area contributed by atoms with E-state index >= 15 is 0 Å². The summed E-state index contributed by atoms with van der Waals surface area (Å²) in [6.45, 7) is 3.47. The van der Waals surface area contributed by atoms with Gasteiger partial charge in [0, 0.05) is 28.8 Å². The summed E-state index contributed by atoms with van der Waals surface area (Å²) in [7, 11) is -2.32. The molecule has 4 rings (SSSR count). The van der Waals surface area contributed by atoms with Gasteiger partial charge in [-0.25, -0.2) is 17.8 Å². The van der Waals surface area contributed by atoms with Crippen LogP contribution in [0.1, 0.15) is 11.3 Å². The third-order valence-corrected chi connectivity index (χ3v) is 6.57. The van der Waals surface area contributed by atoms with E-state index in [4.69, 9.17) is 4.74 Å². The molecule has 3 N–H and O–H groups in total. The molecule has 180 valence electrons. The summed E-state index contributed by atoms with van der Waals surface area (Å²) in [5.41, 5.74) is 3.06. The first-order chi connectivity index (χ1) is 16.7. The Kier molecular flexibility index (Phi) is 6.83. The summed E-state index contributed by atoms with van der Waals surface area (Å²) in [6, 6.07) is 19.5. The van der Waals surface area contributed by atoms with Gasteiger partial charge < -0.3 is 15.4 Å². The molecule has 0 amide bonds. The molecular weight excluding hydrogens is 469 g/mol. The molecule has 0 aliphatic heterocycles. The van der Waals surface area contributed by atoms with E-state index in [-0.39, 0.29) is 4.90 Å². The van der Waals surface area contributed by atoms with Crippen molar-refractivity contribution >= 4 is 38.9 Å². The monoisotopic (exact) mass is 493 g/mol. The van der Waals surface area contributed by atoms with Crippen molar-refractivity contribution in [1.29, 1.82) is 0 Å². The number of nitrogens with one attached hydrogen (secondary N) is 3. The molecule has 0 aliphatic carbocycles. The van der Waals surface area contributed by atoms with E-state index in [0.717, 1.165) is 23.2 Å². The predicted octanol–water partition coefficient (Wildman–Crippen LogP) is 5.53. The first-order valence-electron chi connectivity index (χ1n) is 10.6. The van der Waals surface area contributed by atoms with Crippen molar-refractivity contribution in [3.05, 3.63) is 89.9 Å². The number of sulfonamides is 1. The second-order valence-electron chi connectivity index (χ2n) is 7.79. The van der Waals surface area contributed by atoms with Gasteiger partial charge in [0.1, 0.15) is 17.4 Å². The zero-order valence-electron chi connectivity index (χ0n) is 19.3. The lowest BCUT2D eigenvalue weighted by Gasteiger charge is -2.12. The van der Waals surface area contributed by atoms with Crippen molar-refractivity contribution in [2.75, 3.05) is 22.5 Å². The summed E-state index contributed by atoms with van der Waals surface area (Å²) in [4.78, 5) is 8.80. The van der Waals surface area contributed by atoms with Gasteiger partial charge >= 0.3 is 0 Å². The maximum atomic E-state index is 13.6. The van der Waals surface area contributed by atoms with Crippen LogP contribution in [-0.4, -0.2) is 25.5 Å². The van der Waals surface area contributed by atoms with Crippen LogP contribution < -0.4 is 20.1 Å². The number of hydrogen-bond acceptors (Lipinski definition) is 7. The fraction of sp³-hybridized carbons (Fsp3) is 0.120. The Balaban J connectivity index is 1.47. The molecule has 3 aromatic carbocycles. The van der Waals surface area contributed by atoms with Gasteiger partial charge in [-0.1, -0.05) is 6.07 Å². The molecule has 0 unspecified atom stereocenters. The maximum absolute atomic E-state index is 13.6. The minimum absolute atomic E-state index is 0.107. The minimum Gasteiger partial charge on any atom is -0.497 e. The van der Waals surface area contributed by atoms with Crippen molar-refractivity contribution < 1.29 is 17.5 Å². The van der Waals surface area contributed by atoms with Gasteiger partial charge in [-0.05, 0) is 80.1 Å². The minimum atomic E-state index is -3.93. The van der Waals surface area contributed by atoms with E-state index in [1.807, 2.05) is 37.3 Å². The highest BCUT2D eigenvalue weighted by molar-refractivity contribution is 7.92. The van der Waals surface area contributed by atoms with E-state index in [1.165, 1.54) is 12.1 Å². The number of methoxy groups -OCH3 is 1. The SMILES string of the molecule is COc1ccc(Nc2cc(C)nc(Nc3ccc(NS(=O)(=O)c4cc(F)ccc4C)cc3)n2)cc1. The molecule has 0 radical (unpaired) electrons. The van der Waals surface area contributed by atoms with Crippen LogP contribution in [0.2, 0.25) is 0 Å². The summed E-state index contributed by atoms with van der Waals surface area (Å²) >= 11 is 0. The number of nitrogens with zero attached hydrogens (tertiary/aromatic N) is 2. The van der Waals surface area contributed by atoms with Crippen LogP contribution in [0.15, 0.2) is 77.7 Å². The van der Waals surface area contributed by atoms with E-state index in [0.29, 0.717) is 28.7 Å². The Morgan fingerprint density at radius 2 is 1.43 bits per heavy atom. The molecule has 0 aliphatic rings. The van der Waals surface area contributed by atoms with Crippen LogP contribution in [0, 0.1) is 19.7 Å². The Morgan fingerprint density at radius 3 is 2.11 bits per heavy atom. The average Bonchev–Trinajstić information content (AvgIpc) is 2.82. The van der Waals surface area contributed by atoms with Crippen LogP contribution in [0.4, 0.5) is 33.2 Å². The number of anilines is 5. The summed E-state index contributed by atoms with van der Waals surface area (Å²) < 4.78 is 46.6. The standard InChI is InChI=1S/C25H24FN5O3S/c1-16-4-5-18(26)15-23(16)35(32,33)31-21-8-6-20(7-9-21)29-25-27-17(2)14-24(30-25)28-19-10-12-22(34-3)13-11-19/h4-15,31H,1-3H3,(H2,27,28,29,30). The third-order valence-electron chi connectivity index (χ3n) is 5.05. The maximum Gasteiger partial charge on any atom is 0.262 e. The smallest absolute Gasteiger partial charge is 0.262 e. The molecule has 0 saturated heterocycles. The quantitative estimate of drug-likeness (QED) is 0.296. The van der Waals surface area contributed by atoms with Gasteiger partial charge in [0.25, 0.3) is 10.0 Å². The normalized spacial score (nSPS) is 11.1. The summed E-state index contributed by atoms with van der Waals surface area (Å²) in [5.74, 6) is 1.13. The zero-order valence-corrected chi connectivity index (χ0v) is 20.2. The molecule has 10 heteroatoms. The van der Waals surface area contributed by atoms with E-state index in [9.17, 15) is 12.8 Å². The van der Waals surface area contributed by atoms with E-state index < -0.39 is 15.8 Å². The third kappa shape index (κ3) is 6.04. The van der Waals surface area contributed by atoms with Crippen LogP contribution in [0.25, 0.3) is 0 Å². The summed E-state index contributed by atoms with van der Waals surface area (Å²) in [6.07, 6.45) is 0. The van der Waals surface area contributed by atoms with Crippen LogP contribution in [-0.2, 0) is 10.0 Å². The van der Waals surface area contributed by atoms with Crippen molar-refractivity contribution in [1.82, 2.24) is 9.97 Å². The molecule has 0 saturated carbocycles. The largest absolute Gasteiger partial charge is 0.497 e. The Bertz CT molecular complexity index is 1440. The molecule has 35 heavy (non-hydrogen) atoms. The number of rotatable bonds is 8. The predicted molar refractivity (Wildman–Crippen MR) is 135 cm³/mol. The van der Waals surface area contributed by atoms with Crippen LogP contribution >= 0.6 is 0 Å². The van der Waals surface area contributed by atoms with Gasteiger partial charge in [0.2, 0.25) is 5.95 Å². The highest BCUT2D eigenvalue weighted by atomic mass is 32.2. The van der Waals surface area contributed by atoms with Crippen LogP contribution in [0.3, 0.4) is 0 Å². The highest BCUT2D eigenvalue weighted by Gasteiger charge is 2.18. The molecule has 8 nitrogen and oxygen atoms in total. The van der Waals surface area contributed by atoms with Crippen molar-refractivity contribution in [2.24, 2.45) is 0 Å². The van der Waals surface area contributed by atoms with Gasteiger partial charge in [-0.3, -0.25) is 4.72 Å². The number of benzene rings is 3. The first-order valence-corrected chi connectivity index (χ1v) is 12.1. The van der Waals surface area contributed by atoms with E-state index in [2.05, 4.69) is 25.3 Å². The molecule has 0 bridgehead atoms. The lowest BCUT2D eigenvalue weighted by atomic mass is 10.2. The van der Waals surface area contributed by atoms with Gasteiger partial charge in [-0.15, -0.1) is 0 Å². The molecule has 0 spiro atoms. The fourth-order valence-corrected chi connectivity index (χ4v) is 4.65. The Labute approximate surface area is 203 Å². The molecule has 1 aromatic heterocycles. The van der Waals surface area contributed by atoms with Crippen molar-refractivity contribution in [3.8, 4) is 5.75 Å².